The topological polar surface area (TPSA) is 91.1 Å². The molecule has 1 amide bonds. The highest BCUT2D eigenvalue weighted by molar-refractivity contribution is 8.15. The molecular formula is C17H15N3O3S. The smallest absolute Gasteiger partial charge is 0.305 e. The van der Waals surface area contributed by atoms with Crippen molar-refractivity contribution in [3.63, 3.8) is 0 Å². The van der Waals surface area contributed by atoms with E-state index in [1.54, 1.807) is 0 Å². The number of thioether (sulfide) groups is 1. The van der Waals surface area contributed by atoms with Crippen molar-refractivity contribution in [1.82, 2.24) is 5.32 Å². The summed E-state index contributed by atoms with van der Waals surface area (Å²) in [5, 5.41) is 21.4. The van der Waals surface area contributed by atoms with Crippen LogP contribution in [0.3, 0.4) is 0 Å². The Hall–Kier alpha value is -2.67. The third-order valence-electron chi connectivity index (χ3n) is 3.59. The van der Waals surface area contributed by atoms with Gasteiger partial charge < -0.3 is 10.4 Å². The summed E-state index contributed by atoms with van der Waals surface area (Å²) in [6.07, 6.45) is -0.233. The number of nitrogens with zero attached hydrogens (tertiary/aromatic N) is 2. The van der Waals surface area contributed by atoms with Gasteiger partial charge in [-0.15, -0.1) is 5.10 Å². The van der Waals surface area contributed by atoms with E-state index >= 15 is 0 Å². The molecule has 2 N–H and O–H groups in total. The van der Waals surface area contributed by atoms with E-state index in [2.05, 4.69) is 15.5 Å². The van der Waals surface area contributed by atoms with E-state index in [1.807, 2.05) is 49.4 Å². The van der Waals surface area contributed by atoms with E-state index in [-0.39, 0.29) is 12.3 Å². The van der Waals surface area contributed by atoms with Gasteiger partial charge >= 0.3 is 5.97 Å². The van der Waals surface area contributed by atoms with Gasteiger partial charge in [-0.1, -0.05) is 48.2 Å². The number of aliphatic carboxylic acids is 1. The van der Waals surface area contributed by atoms with Crippen LogP contribution in [0, 0.1) is 0 Å². The van der Waals surface area contributed by atoms with E-state index in [0.29, 0.717) is 10.9 Å². The van der Waals surface area contributed by atoms with Crippen LogP contribution < -0.4 is 5.32 Å². The fraction of sp³-hybridized carbons (Fsp3) is 0.176. The van der Waals surface area contributed by atoms with Gasteiger partial charge in [0, 0.05) is 0 Å². The Kier molecular flexibility index (Phi) is 4.61. The zero-order valence-electron chi connectivity index (χ0n) is 12.9. The van der Waals surface area contributed by atoms with Crippen LogP contribution in [0.4, 0.5) is 0 Å². The molecule has 1 atom stereocenters. The molecule has 1 heterocycles. The molecule has 0 radical (unpaired) electrons. The first-order valence-electron chi connectivity index (χ1n) is 7.33. The molecule has 2 aromatic carbocycles. The van der Waals surface area contributed by atoms with Crippen molar-refractivity contribution in [2.45, 2.75) is 18.6 Å². The standard InChI is InChI=1S/C17H15N3O3S/c1-10(12-7-6-11-4-2-3-5-13(11)8-12)19-20-17-18-16(23)14(24-17)9-15(21)22/h2-8,14H,9H2,1H3,(H,21,22)(H,18,20,23). The molecule has 0 aliphatic carbocycles. The maximum absolute atomic E-state index is 11.7. The van der Waals surface area contributed by atoms with Crippen LogP contribution in [0.2, 0.25) is 0 Å². The first-order valence-corrected chi connectivity index (χ1v) is 8.21. The SMILES string of the molecule is CC(=NN=C1NC(=O)C(CC(=O)O)S1)c1ccc2ccccc2c1. The van der Waals surface area contributed by atoms with Gasteiger partial charge in [0.15, 0.2) is 5.17 Å². The van der Waals surface area contributed by atoms with Gasteiger partial charge in [0.2, 0.25) is 5.91 Å². The summed E-state index contributed by atoms with van der Waals surface area (Å²) in [6.45, 7) is 1.84. The molecule has 3 rings (SSSR count). The number of carbonyl (C=O) groups excluding carboxylic acids is 1. The average Bonchev–Trinajstić information content (AvgIpc) is 2.91. The van der Waals surface area contributed by atoms with Crippen LogP contribution in [0.15, 0.2) is 52.7 Å². The fourth-order valence-corrected chi connectivity index (χ4v) is 3.25. The van der Waals surface area contributed by atoms with Crippen molar-refractivity contribution < 1.29 is 14.7 Å². The lowest BCUT2D eigenvalue weighted by Gasteiger charge is -2.02. The summed E-state index contributed by atoms with van der Waals surface area (Å²) in [4.78, 5) is 22.4. The number of hydrogen-bond acceptors (Lipinski definition) is 5. The highest BCUT2D eigenvalue weighted by Crippen LogP contribution is 2.22. The maximum Gasteiger partial charge on any atom is 0.305 e. The second kappa shape index (κ2) is 6.84. The zero-order valence-corrected chi connectivity index (χ0v) is 13.7. The van der Waals surface area contributed by atoms with Gasteiger partial charge in [0.05, 0.1) is 12.1 Å². The summed E-state index contributed by atoms with van der Waals surface area (Å²) in [5.74, 6) is -1.36. The number of carboxylic acids is 1. The summed E-state index contributed by atoms with van der Waals surface area (Å²) in [5.41, 5.74) is 1.65. The Labute approximate surface area is 142 Å². The monoisotopic (exact) mass is 341 g/mol. The van der Waals surface area contributed by atoms with Crippen molar-refractivity contribution >= 4 is 45.3 Å². The van der Waals surface area contributed by atoms with Crippen LogP contribution in [0.1, 0.15) is 18.9 Å². The highest BCUT2D eigenvalue weighted by atomic mass is 32.2. The number of hydrogen-bond donors (Lipinski definition) is 2. The minimum atomic E-state index is -1.01. The van der Waals surface area contributed by atoms with Crippen LogP contribution in [0.25, 0.3) is 10.8 Å². The fourth-order valence-electron chi connectivity index (χ4n) is 2.34. The predicted octanol–water partition coefficient (Wildman–Crippen LogP) is 2.63. The average molecular weight is 341 g/mol. The van der Waals surface area contributed by atoms with E-state index in [1.165, 1.54) is 0 Å². The Morgan fingerprint density at radius 2 is 2.00 bits per heavy atom. The summed E-state index contributed by atoms with van der Waals surface area (Å²) < 4.78 is 0. The first kappa shape index (κ1) is 16.2. The highest BCUT2D eigenvalue weighted by Gasteiger charge is 2.32. The number of amidine groups is 1. The zero-order chi connectivity index (χ0) is 17.1. The summed E-state index contributed by atoms with van der Waals surface area (Å²) >= 11 is 1.09. The van der Waals surface area contributed by atoms with Gasteiger partial charge in [-0.05, 0) is 29.3 Å². The predicted molar refractivity (Wildman–Crippen MR) is 95.4 cm³/mol. The quantitative estimate of drug-likeness (QED) is 0.660. The molecule has 6 nitrogen and oxygen atoms in total. The lowest BCUT2D eigenvalue weighted by atomic mass is 10.0. The molecule has 24 heavy (non-hydrogen) atoms. The third-order valence-corrected chi connectivity index (χ3v) is 4.67. The minimum absolute atomic E-state index is 0.233. The van der Waals surface area contributed by atoms with Crippen LogP contribution in [-0.4, -0.2) is 33.1 Å². The van der Waals surface area contributed by atoms with Crippen molar-refractivity contribution in [2.75, 3.05) is 0 Å². The first-order chi connectivity index (χ1) is 11.5. The Morgan fingerprint density at radius 3 is 2.75 bits per heavy atom. The molecule has 0 bridgehead atoms. The van der Waals surface area contributed by atoms with E-state index < -0.39 is 11.2 Å². The normalized spacial score (nSPS) is 19.7. The second-order valence-electron chi connectivity index (χ2n) is 5.35. The Morgan fingerprint density at radius 1 is 1.25 bits per heavy atom. The molecule has 1 aliphatic heterocycles. The molecule has 1 unspecified atom stereocenters. The molecule has 0 spiro atoms. The molecule has 1 aliphatic rings. The number of fused-ring (bicyclic) bond motifs is 1. The molecule has 2 aromatic rings. The molecule has 1 saturated heterocycles. The number of carbonyl (C=O) groups is 2. The Bertz CT molecular complexity index is 876. The van der Waals surface area contributed by atoms with Gasteiger partial charge in [-0.25, -0.2) is 0 Å². The largest absolute Gasteiger partial charge is 0.481 e. The number of benzene rings is 2. The van der Waals surface area contributed by atoms with Gasteiger partial charge in [0.25, 0.3) is 0 Å². The number of amides is 1. The lowest BCUT2D eigenvalue weighted by Crippen LogP contribution is -2.26. The lowest BCUT2D eigenvalue weighted by molar-refractivity contribution is -0.138. The second-order valence-corrected chi connectivity index (χ2v) is 6.54. The van der Waals surface area contributed by atoms with Crippen molar-refractivity contribution in [2.24, 2.45) is 10.2 Å². The summed E-state index contributed by atoms with van der Waals surface area (Å²) in [6, 6.07) is 14.1. The van der Waals surface area contributed by atoms with Crippen molar-refractivity contribution in [1.29, 1.82) is 0 Å². The van der Waals surface area contributed by atoms with Crippen LogP contribution in [-0.2, 0) is 9.59 Å². The summed E-state index contributed by atoms with van der Waals surface area (Å²) in [7, 11) is 0. The maximum atomic E-state index is 11.7. The van der Waals surface area contributed by atoms with Gasteiger partial charge in [0.1, 0.15) is 5.25 Å². The number of carboxylic acid groups (broad SMARTS) is 1. The molecule has 122 valence electrons. The van der Waals surface area contributed by atoms with Crippen molar-refractivity contribution in [3.8, 4) is 0 Å². The molecule has 1 fully saturated rings. The number of nitrogens with one attached hydrogen (secondary N) is 1. The molecule has 7 heteroatoms. The van der Waals surface area contributed by atoms with Gasteiger partial charge in [-0.2, -0.15) is 5.10 Å². The van der Waals surface area contributed by atoms with Crippen LogP contribution >= 0.6 is 11.8 Å². The third kappa shape index (κ3) is 3.62. The Balaban J connectivity index is 1.78. The molecular weight excluding hydrogens is 326 g/mol. The van der Waals surface area contributed by atoms with E-state index in [4.69, 9.17) is 5.11 Å². The molecule has 0 aromatic heterocycles. The van der Waals surface area contributed by atoms with Crippen LogP contribution in [0.5, 0.6) is 0 Å². The molecule has 0 saturated carbocycles. The minimum Gasteiger partial charge on any atom is -0.481 e. The van der Waals surface area contributed by atoms with Crippen molar-refractivity contribution in [3.05, 3.63) is 48.0 Å². The number of rotatable bonds is 4. The van der Waals surface area contributed by atoms with Gasteiger partial charge in [-0.3, -0.25) is 9.59 Å². The van der Waals surface area contributed by atoms with E-state index in [9.17, 15) is 9.59 Å². The van der Waals surface area contributed by atoms with E-state index in [0.717, 1.165) is 28.1 Å².